The highest BCUT2D eigenvalue weighted by Gasteiger charge is 2.28. The molecule has 3 aromatic rings. The summed E-state index contributed by atoms with van der Waals surface area (Å²) >= 11 is 0. The number of carbonyl (C=O) groups excluding carboxylic acids is 1. The highest BCUT2D eigenvalue weighted by molar-refractivity contribution is 5.80. The van der Waals surface area contributed by atoms with Crippen LogP contribution in [0.5, 0.6) is 0 Å². The Labute approximate surface area is 184 Å². The Hall–Kier alpha value is -2.95. The van der Waals surface area contributed by atoms with Gasteiger partial charge in [0.1, 0.15) is 5.82 Å². The van der Waals surface area contributed by atoms with Crippen LogP contribution in [0.1, 0.15) is 63.9 Å². The lowest BCUT2D eigenvalue weighted by Gasteiger charge is -2.30. The summed E-state index contributed by atoms with van der Waals surface area (Å²) in [5, 5.41) is 0.574. The first-order valence-electron chi connectivity index (χ1n) is 11.2. The van der Waals surface area contributed by atoms with Crippen molar-refractivity contribution in [2.24, 2.45) is 5.92 Å². The normalized spacial score (nSPS) is 13.2. The van der Waals surface area contributed by atoms with Crippen LogP contribution in [0.3, 0.4) is 0 Å². The zero-order valence-electron chi connectivity index (χ0n) is 19.3. The molecule has 0 aliphatic rings. The molecule has 3 rings (SSSR count). The molecule has 5 heteroatoms. The molecule has 0 aliphatic carbocycles. The van der Waals surface area contributed by atoms with Crippen molar-refractivity contribution in [1.82, 2.24) is 14.5 Å². The Bertz CT molecular complexity index is 1120. The van der Waals surface area contributed by atoms with Crippen molar-refractivity contribution >= 4 is 16.8 Å². The van der Waals surface area contributed by atoms with Gasteiger partial charge in [0.2, 0.25) is 5.91 Å². The van der Waals surface area contributed by atoms with Gasteiger partial charge in [-0.05, 0) is 50.5 Å². The largest absolute Gasteiger partial charge is 0.336 e. The van der Waals surface area contributed by atoms with Gasteiger partial charge in [-0.3, -0.25) is 14.2 Å². The van der Waals surface area contributed by atoms with E-state index in [2.05, 4.69) is 13.8 Å². The third-order valence-electron chi connectivity index (χ3n) is 6.21. The second-order valence-electron chi connectivity index (χ2n) is 8.29. The molecule has 0 fully saturated rings. The molecule has 2 atom stereocenters. The van der Waals surface area contributed by atoms with Crippen molar-refractivity contribution in [3.8, 4) is 5.69 Å². The molecular weight excluding hydrogens is 386 g/mol. The Balaban J connectivity index is 2.14. The predicted octanol–water partition coefficient (Wildman–Crippen LogP) is 5.43. The molecule has 2 unspecified atom stereocenters. The van der Waals surface area contributed by atoms with Crippen molar-refractivity contribution in [3.05, 3.63) is 70.3 Å². The Morgan fingerprint density at radius 1 is 1.10 bits per heavy atom. The fraction of sp³-hybridized carbons (Fsp3) is 0.423. The van der Waals surface area contributed by atoms with E-state index in [-0.39, 0.29) is 23.4 Å². The predicted molar refractivity (Wildman–Crippen MR) is 127 cm³/mol. The smallest absolute Gasteiger partial charge is 0.266 e. The van der Waals surface area contributed by atoms with Gasteiger partial charge in [0.25, 0.3) is 5.56 Å². The molecule has 0 aliphatic heterocycles. The van der Waals surface area contributed by atoms with Crippen molar-refractivity contribution in [2.75, 3.05) is 7.05 Å². The highest BCUT2D eigenvalue weighted by atomic mass is 16.2. The van der Waals surface area contributed by atoms with Gasteiger partial charge in [0.15, 0.2) is 0 Å². The van der Waals surface area contributed by atoms with Gasteiger partial charge in [-0.1, -0.05) is 57.0 Å². The van der Waals surface area contributed by atoms with Crippen LogP contribution in [-0.2, 0) is 4.79 Å². The topological polar surface area (TPSA) is 55.2 Å². The van der Waals surface area contributed by atoms with E-state index in [1.165, 1.54) is 0 Å². The minimum atomic E-state index is -0.347. The average Bonchev–Trinajstić information content (AvgIpc) is 2.79. The van der Waals surface area contributed by atoms with Crippen LogP contribution in [0.2, 0.25) is 0 Å². The molecule has 31 heavy (non-hydrogen) atoms. The molecule has 1 aromatic heterocycles. The molecule has 5 nitrogen and oxygen atoms in total. The third kappa shape index (κ3) is 4.55. The maximum absolute atomic E-state index is 13.5. The van der Waals surface area contributed by atoms with Gasteiger partial charge < -0.3 is 4.90 Å². The summed E-state index contributed by atoms with van der Waals surface area (Å²) in [7, 11) is 1.82. The van der Waals surface area contributed by atoms with Crippen molar-refractivity contribution in [3.63, 3.8) is 0 Å². The van der Waals surface area contributed by atoms with Crippen molar-refractivity contribution in [1.29, 1.82) is 0 Å². The van der Waals surface area contributed by atoms with Gasteiger partial charge in [-0.2, -0.15) is 0 Å². The Kier molecular flexibility index (Phi) is 7.26. The highest BCUT2D eigenvalue weighted by Crippen LogP contribution is 2.26. The number of para-hydroxylation sites is 2. The maximum Gasteiger partial charge on any atom is 0.266 e. The lowest BCUT2D eigenvalue weighted by molar-refractivity contribution is -0.136. The second-order valence-corrected chi connectivity index (χ2v) is 8.29. The number of unbranched alkanes of at least 4 members (excludes halogenated alkanes) is 1. The fourth-order valence-electron chi connectivity index (χ4n) is 4.08. The average molecular weight is 420 g/mol. The van der Waals surface area contributed by atoms with Crippen LogP contribution >= 0.6 is 0 Å². The molecule has 0 bridgehead atoms. The number of aryl methyl sites for hydroxylation is 1. The summed E-state index contributed by atoms with van der Waals surface area (Å²) in [6.07, 6.45) is 3.81. The molecule has 0 N–H and O–H groups in total. The van der Waals surface area contributed by atoms with E-state index in [1.807, 2.05) is 63.4 Å². The molecule has 0 radical (unpaired) electrons. The molecule has 0 saturated heterocycles. The molecule has 0 saturated carbocycles. The number of carbonyl (C=O) groups is 1. The number of amides is 1. The summed E-state index contributed by atoms with van der Waals surface area (Å²) < 4.78 is 1.68. The summed E-state index contributed by atoms with van der Waals surface area (Å²) in [5.41, 5.74) is 2.32. The number of hydrogen-bond donors (Lipinski definition) is 0. The van der Waals surface area contributed by atoms with E-state index in [0.29, 0.717) is 16.7 Å². The van der Waals surface area contributed by atoms with Gasteiger partial charge in [-0.25, -0.2) is 4.98 Å². The van der Waals surface area contributed by atoms with Gasteiger partial charge in [-0.15, -0.1) is 0 Å². The standard InChI is InChI=1S/C26H33N3O2/c1-6-8-14-20(7-2)25(30)28(5)19(4)24-27-22-16-11-10-15-21(22)26(31)29(24)23-17-12-9-13-18(23)3/h9-13,15-17,19-20H,6-8,14H2,1-5H3. The third-order valence-corrected chi connectivity index (χ3v) is 6.21. The van der Waals surface area contributed by atoms with Crippen LogP contribution in [0, 0.1) is 12.8 Å². The number of nitrogens with zero attached hydrogens (tertiary/aromatic N) is 3. The molecule has 0 spiro atoms. The first-order chi connectivity index (χ1) is 14.9. The van der Waals surface area contributed by atoms with E-state index in [1.54, 1.807) is 15.5 Å². The van der Waals surface area contributed by atoms with Crippen LogP contribution in [0.4, 0.5) is 0 Å². The fourth-order valence-corrected chi connectivity index (χ4v) is 4.08. The van der Waals surface area contributed by atoms with E-state index in [9.17, 15) is 9.59 Å². The zero-order chi connectivity index (χ0) is 22.5. The van der Waals surface area contributed by atoms with E-state index in [4.69, 9.17) is 4.98 Å². The first kappa shape index (κ1) is 22.7. The van der Waals surface area contributed by atoms with E-state index >= 15 is 0 Å². The minimum Gasteiger partial charge on any atom is -0.336 e. The number of benzene rings is 2. The molecular formula is C26H33N3O2. The summed E-state index contributed by atoms with van der Waals surface area (Å²) in [6, 6.07) is 14.8. The molecule has 1 heterocycles. The lowest BCUT2D eigenvalue weighted by Crippen LogP contribution is -2.38. The molecule has 1 amide bonds. The number of hydrogen-bond acceptors (Lipinski definition) is 3. The molecule has 2 aromatic carbocycles. The van der Waals surface area contributed by atoms with Gasteiger partial charge in [0.05, 0.1) is 22.6 Å². The number of fused-ring (bicyclic) bond motifs is 1. The minimum absolute atomic E-state index is 0.00788. The second kappa shape index (κ2) is 9.90. The van der Waals surface area contributed by atoms with Crippen LogP contribution < -0.4 is 5.56 Å². The van der Waals surface area contributed by atoms with Gasteiger partial charge >= 0.3 is 0 Å². The van der Waals surface area contributed by atoms with Crippen LogP contribution in [0.15, 0.2) is 53.3 Å². The Morgan fingerprint density at radius 2 is 1.77 bits per heavy atom. The van der Waals surface area contributed by atoms with E-state index < -0.39 is 0 Å². The first-order valence-corrected chi connectivity index (χ1v) is 11.2. The maximum atomic E-state index is 13.5. The monoisotopic (exact) mass is 419 g/mol. The zero-order valence-corrected chi connectivity index (χ0v) is 19.3. The summed E-state index contributed by atoms with van der Waals surface area (Å²) in [6.45, 7) is 8.14. The number of rotatable bonds is 8. The summed E-state index contributed by atoms with van der Waals surface area (Å²) in [4.78, 5) is 33.5. The van der Waals surface area contributed by atoms with Crippen molar-refractivity contribution in [2.45, 2.75) is 59.4 Å². The quantitative estimate of drug-likeness (QED) is 0.489. The lowest BCUT2D eigenvalue weighted by atomic mass is 9.97. The van der Waals surface area contributed by atoms with Gasteiger partial charge in [0, 0.05) is 13.0 Å². The number of aromatic nitrogens is 2. The summed E-state index contributed by atoms with van der Waals surface area (Å²) in [5.74, 6) is 0.688. The SMILES string of the molecule is CCCCC(CC)C(=O)N(C)C(C)c1nc2ccccc2c(=O)n1-c1ccccc1C. The van der Waals surface area contributed by atoms with Crippen LogP contribution in [-0.4, -0.2) is 27.4 Å². The van der Waals surface area contributed by atoms with E-state index in [0.717, 1.165) is 36.9 Å². The van der Waals surface area contributed by atoms with Crippen molar-refractivity contribution < 1.29 is 4.79 Å². The molecule has 164 valence electrons. The van der Waals surface area contributed by atoms with Crippen LogP contribution in [0.25, 0.3) is 16.6 Å². The Morgan fingerprint density at radius 3 is 2.45 bits per heavy atom.